The molecule has 4 N–H and O–H groups in total. The summed E-state index contributed by atoms with van der Waals surface area (Å²) in [5.74, 6) is -1.03. The first-order valence-corrected chi connectivity index (χ1v) is 6.56. The molecule has 1 aromatic carbocycles. The number of carboxylic acids is 1. The molecule has 0 saturated carbocycles. The molecule has 19 heavy (non-hydrogen) atoms. The molecule has 0 spiro atoms. The van der Waals surface area contributed by atoms with Gasteiger partial charge in [-0.2, -0.15) is 0 Å². The number of hydrogen-bond donors (Lipinski definition) is 3. The van der Waals surface area contributed by atoms with Crippen molar-refractivity contribution in [3.63, 3.8) is 0 Å². The van der Waals surface area contributed by atoms with Crippen molar-refractivity contribution >= 4 is 17.3 Å². The number of nitrogens with zero attached hydrogens (tertiary/aromatic N) is 1. The van der Waals surface area contributed by atoms with Crippen molar-refractivity contribution in [2.24, 2.45) is 0 Å². The van der Waals surface area contributed by atoms with Crippen molar-refractivity contribution in [1.29, 1.82) is 0 Å². The number of carbonyl (C=O) groups is 1. The van der Waals surface area contributed by atoms with E-state index in [1.54, 1.807) is 12.1 Å². The molecule has 0 aliphatic heterocycles. The molecule has 0 saturated heterocycles. The molecule has 0 bridgehead atoms. The van der Waals surface area contributed by atoms with Crippen LogP contribution in [0.4, 0.5) is 11.4 Å². The SMILES string of the molecule is CCC(CC)N(CCO)c1cccc(C(=O)O)c1N. The molecule has 0 fully saturated rings. The Balaban J connectivity index is 3.22. The lowest BCUT2D eigenvalue weighted by atomic mass is 10.1. The number of benzene rings is 1. The second-order valence-electron chi connectivity index (χ2n) is 4.43. The highest BCUT2D eigenvalue weighted by molar-refractivity contribution is 5.97. The van der Waals surface area contributed by atoms with Crippen LogP contribution in [-0.2, 0) is 0 Å². The van der Waals surface area contributed by atoms with Gasteiger partial charge in [0.2, 0.25) is 0 Å². The van der Waals surface area contributed by atoms with Gasteiger partial charge in [0.25, 0.3) is 0 Å². The number of para-hydroxylation sites is 1. The largest absolute Gasteiger partial charge is 0.478 e. The summed E-state index contributed by atoms with van der Waals surface area (Å²) in [6.07, 6.45) is 1.82. The van der Waals surface area contributed by atoms with Crippen molar-refractivity contribution in [2.45, 2.75) is 32.7 Å². The summed E-state index contributed by atoms with van der Waals surface area (Å²) in [6.45, 7) is 4.58. The number of carboxylic acid groups (broad SMARTS) is 1. The molecule has 0 atom stereocenters. The van der Waals surface area contributed by atoms with Gasteiger partial charge in [-0.3, -0.25) is 0 Å². The maximum Gasteiger partial charge on any atom is 0.337 e. The standard InChI is InChI=1S/C14H22N2O3/c1-3-10(4-2)16(8-9-17)12-7-5-6-11(13(12)15)14(18)19/h5-7,10,17H,3-4,8-9,15H2,1-2H3,(H,18,19). The van der Waals surface area contributed by atoms with Crippen molar-refractivity contribution in [2.75, 3.05) is 23.8 Å². The van der Waals surface area contributed by atoms with E-state index in [0.717, 1.165) is 12.8 Å². The molecule has 5 heteroatoms. The van der Waals surface area contributed by atoms with Crippen LogP contribution in [-0.4, -0.2) is 35.4 Å². The van der Waals surface area contributed by atoms with E-state index in [-0.39, 0.29) is 23.9 Å². The average Bonchev–Trinajstić information content (AvgIpc) is 2.39. The molecule has 106 valence electrons. The summed E-state index contributed by atoms with van der Waals surface area (Å²) in [6, 6.07) is 5.21. The molecule has 1 aromatic rings. The quantitative estimate of drug-likeness (QED) is 0.657. The fourth-order valence-corrected chi connectivity index (χ4v) is 2.33. The summed E-state index contributed by atoms with van der Waals surface area (Å²) in [4.78, 5) is 13.1. The van der Waals surface area contributed by atoms with Crippen LogP contribution in [0.1, 0.15) is 37.0 Å². The zero-order valence-electron chi connectivity index (χ0n) is 11.5. The second-order valence-corrected chi connectivity index (χ2v) is 4.43. The number of nitrogen functional groups attached to an aromatic ring is 1. The topological polar surface area (TPSA) is 86.8 Å². The third-order valence-electron chi connectivity index (χ3n) is 3.35. The lowest BCUT2D eigenvalue weighted by Crippen LogP contribution is -2.37. The van der Waals surface area contributed by atoms with Crippen LogP contribution in [0.2, 0.25) is 0 Å². The van der Waals surface area contributed by atoms with Gasteiger partial charge in [-0.05, 0) is 25.0 Å². The van der Waals surface area contributed by atoms with Crippen molar-refractivity contribution in [1.82, 2.24) is 0 Å². The van der Waals surface area contributed by atoms with Gasteiger partial charge in [0.05, 0.1) is 23.5 Å². The van der Waals surface area contributed by atoms with Gasteiger partial charge in [0.1, 0.15) is 0 Å². The number of aromatic carboxylic acids is 1. The maximum absolute atomic E-state index is 11.1. The highest BCUT2D eigenvalue weighted by atomic mass is 16.4. The van der Waals surface area contributed by atoms with Gasteiger partial charge in [-0.25, -0.2) is 4.79 Å². The summed E-state index contributed by atoms with van der Waals surface area (Å²) in [5, 5.41) is 18.3. The zero-order valence-corrected chi connectivity index (χ0v) is 11.5. The van der Waals surface area contributed by atoms with Crippen molar-refractivity contribution in [3.05, 3.63) is 23.8 Å². The number of anilines is 2. The molecule has 0 unspecified atom stereocenters. The van der Waals surface area contributed by atoms with Crippen LogP contribution in [0.3, 0.4) is 0 Å². The van der Waals surface area contributed by atoms with Crippen LogP contribution < -0.4 is 10.6 Å². The zero-order chi connectivity index (χ0) is 14.4. The van der Waals surface area contributed by atoms with Crippen LogP contribution >= 0.6 is 0 Å². The molecule has 0 aliphatic carbocycles. The Morgan fingerprint density at radius 1 is 1.37 bits per heavy atom. The lowest BCUT2D eigenvalue weighted by Gasteiger charge is -2.33. The number of aliphatic hydroxyl groups excluding tert-OH is 1. The first-order chi connectivity index (χ1) is 9.06. The predicted molar refractivity (Wildman–Crippen MR) is 76.6 cm³/mol. The average molecular weight is 266 g/mol. The van der Waals surface area contributed by atoms with Gasteiger partial charge in [-0.15, -0.1) is 0 Å². The lowest BCUT2D eigenvalue weighted by molar-refractivity contribution is 0.0698. The van der Waals surface area contributed by atoms with E-state index < -0.39 is 5.97 Å². The molecule has 0 aromatic heterocycles. The number of rotatable bonds is 7. The summed E-state index contributed by atoms with van der Waals surface area (Å²) in [5.41, 5.74) is 7.00. The summed E-state index contributed by atoms with van der Waals surface area (Å²) >= 11 is 0. The van der Waals surface area contributed by atoms with Gasteiger partial charge in [0.15, 0.2) is 0 Å². The van der Waals surface area contributed by atoms with Gasteiger partial charge in [-0.1, -0.05) is 19.9 Å². The first-order valence-electron chi connectivity index (χ1n) is 6.56. The molecule has 0 heterocycles. The Labute approximate surface area is 113 Å². The fraction of sp³-hybridized carbons (Fsp3) is 0.500. The predicted octanol–water partition coefficient (Wildman–Crippen LogP) is 1.95. The Bertz CT molecular complexity index is 431. The molecule has 0 radical (unpaired) electrons. The van der Waals surface area contributed by atoms with E-state index in [1.165, 1.54) is 6.07 Å². The smallest absolute Gasteiger partial charge is 0.337 e. The van der Waals surface area contributed by atoms with Crippen molar-refractivity contribution in [3.8, 4) is 0 Å². The fourth-order valence-electron chi connectivity index (χ4n) is 2.33. The van der Waals surface area contributed by atoms with Gasteiger partial charge >= 0.3 is 5.97 Å². The Morgan fingerprint density at radius 3 is 2.47 bits per heavy atom. The normalized spacial score (nSPS) is 10.7. The minimum absolute atomic E-state index is 0.00718. The Morgan fingerprint density at radius 2 is 2.00 bits per heavy atom. The van der Waals surface area contributed by atoms with Gasteiger partial charge in [0, 0.05) is 12.6 Å². The number of nitrogens with two attached hydrogens (primary N) is 1. The number of hydrogen-bond acceptors (Lipinski definition) is 4. The van der Waals surface area contributed by atoms with E-state index in [4.69, 9.17) is 10.8 Å². The molecule has 5 nitrogen and oxygen atoms in total. The van der Waals surface area contributed by atoms with E-state index >= 15 is 0 Å². The molecular weight excluding hydrogens is 244 g/mol. The number of aliphatic hydroxyl groups is 1. The van der Waals surface area contributed by atoms with Gasteiger partial charge < -0.3 is 20.8 Å². The van der Waals surface area contributed by atoms with Crippen LogP contribution in [0.25, 0.3) is 0 Å². The van der Waals surface area contributed by atoms with E-state index in [0.29, 0.717) is 12.2 Å². The Hall–Kier alpha value is -1.75. The van der Waals surface area contributed by atoms with Crippen LogP contribution in [0.15, 0.2) is 18.2 Å². The van der Waals surface area contributed by atoms with Crippen LogP contribution in [0.5, 0.6) is 0 Å². The molecule has 1 rings (SSSR count). The third-order valence-corrected chi connectivity index (χ3v) is 3.35. The minimum Gasteiger partial charge on any atom is -0.478 e. The van der Waals surface area contributed by atoms with E-state index in [1.807, 2.05) is 4.90 Å². The summed E-state index contributed by atoms with van der Waals surface area (Å²) < 4.78 is 0. The maximum atomic E-state index is 11.1. The third kappa shape index (κ3) is 3.38. The Kier molecular flexibility index (Phi) is 5.63. The monoisotopic (exact) mass is 266 g/mol. The highest BCUT2D eigenvalue weighted by Crippen LogP contribution is 2.29. The molecule has 0 amide bonds. The van der Waals surface area contributed by atoms with E-state index in [9.17, 15) is 9.90 Å². The first kappa shape index (κ1) is 15.3. The van der Waals surface area contributed by atoms with Crippen molar-refractivity contribution < 1.29 is 15.0 Å². The molecule has 0 aliphatic rings. The highest BCUT2D eigenvalue weighted by Gasteiger charge is 2.20. The summed E-state index contributed by atoms with van der Waals surface area (Å²) in [7, 11) is 0. The van der Waals surface area contributed by atoms with Crippen LogP contribution in [0, 0.1) is 0 Å². The molecular formula is C14H22N2O3. The minimum atomic E-state index is -1.03. The second kappa shape index (κ2) is 6.99. The van der Waals surface area contributed by atoms with E-state index in [2.05, 4.69) is 13.8 Å².